The molecule has 0 aliphatic carbocycles. The molecule has 0 saturated carbocycles. The van der Waals surface area contributed by atoms with Crippen LogP contribution in [0.1, 0.15) is 18.5 Å². The zero-order valence-electron chi connectivity index (χ0n) is 10.6. The molecule has 4 nitrogen and oxygen atoms in total. The standard InChI is InChI=1S/C14H12Cl2N2O2/c1-9(10-5-3-2-4-6-10)17-14-12(15)7-11(18(19)20)8-13(14)16/h2-9,17H,1H3. The number of anilines is 1. The lowest BCUT2D eigenvalue weighted by Gasteiger charge is -2.17. The zero-order valence-corrected chi connectivity index (χ0v) is 12.2. The van der Waals surface area contributed by atoms with E-state index in [1.807, 2.05) is 37.3 Å². The van der Waals surface area contributed by atoms with Gasteiger partial charge in [0.2, 0.25) is 0 Å². The van der Waals surface area contributed by atoms with Crippen molar-refractivity contribution in [1.82, 2.24) is 0 Å². The Bertz CT molecular complexity index is 609. The van der Waals surface area contributed by atoms with Crippen molar-refractivity contribution in [2.24, 2.45) is 0 Å². The zero-order chi connectivity index (χ0) is 14.7. The van der Waals surface area contributed by atoms with Crippen LogP contribution in [-0.4, -0.2) is 4.92 Å². The average Bonchev–Trinajstić information content (AvgIpc) is 2.43. The van der Waals surface area contributed by atoms with Crippen molar-refractivity contribution in [3.05, 3.63) is 68.2 Å². The molecule has 0 saturated heterocycles. The first kappa shape index (κ1) is 14.6. The lowest BCUT2D eigenvalue weighted by Crippen LogP contribution is -2.07. The van der Waals surface area contributed by atoms with E-state index in [9.17, 15) is 10.1 Å². The van der Waals surface area contributed by atoms with Crippen LogP contribution in [0.3, 0.4) is 0 Å². The van der Waals surface area contributed by atoms with Gasteiger partial charge in [0.15, 0.2) is 0 Å². The Labute approximate surface area is 126 Å². The minimum absolute atomic E-state index is 0.0207. The Morgan fingerprint density at radius 3 is 2.20 bits per heavy atom. The van der Waals surface area contributed by atoms with Crippen molar-refractivity contribution < 1.29 is 4.92 Å². The summed E-state index contributed by atoms with van der Waals surface area (Å²) in [6, 6.07) is 12.3. The van der Waals surface area contributed by atoms with Crippen LogP contribution in [0.2, 0.25) is 10.0 Å². The van der Waals surface area contributed by atoms with E-state index in [0.29, 0.717) is 5.69 Å². The third kappa shape index (κ3) is 3.21. The van der Waals surface area contributed by atoms with Crippen molar-refractivity contribution in [2.45, 2.75) is 13.0 Å². The summed E-state index contributed by atoms with van der Waals surface area (Å²) >= 11 is 12.1. The summed E-state index contributed by atoms with van der Waals surface area (Å²) in [5.41, 5.74) is 1.44. The van der Waals surface area contributed by atoms with Gasteiger partial charge in [-0.25, -0.2) is 0 Å². The SMILES string of the molecule is CC(Nc1c(Cl)cc([N+](=O)[O-])cc1Cl)c1ccccc1. The molecule has 0 amide bonds. The fourth-order valence-corrected chi connectivity index (χ4v) is 2.43. The number of hydrogen-bond acceptors (Lipinski definition) is 3. The average molecular weight is 311 g/mol. The maximum Gasteiger partial charge on any atom is 0.272 e. The number of nitro benzene ring substituents is 1. The van der Waals surface area contributed by atoms with Crippen LogP contribution in [0.4, 0.5) is 11.4 Å². The lowest BCUT2D eigenvalue weighted by molar-refractivity contribution is -0.384. The van der Waals surface area contributed by atoms with Gasteiger partial charge < -0.3 is 5.32 Å². The Morgan fingerprint density at radius 2 is 1.70 bits per heavy atom. The molecule has 0 fully saturated rings. The highest BCUT2D eigenvalue weighted by Gasteiger charge is 2.16. The quantitative estimate of drug-likeness (QED) is 0.633. The minimum Gasteiger partial charge on any atom is -0.376 e. The molecule has 104 valence electrons. The van der Waals surface area contributed by atoms with E-state index < -0.39 is 4.92 Å². The number of nitrogens with zero attached hydrogens (tertiary/aromatic N) is 1. The van der Waals surface area contributed by atoms with E-state index in [0.717, 1.165) is 5.56 Å². The van der Waals surface area contributed by atoms with Gasteiger partial charge >= 0.3 is 0 Å². The molecule has 2 rings (SSSR count). The van der Waals surface area contributed by atoms with Gasteiger partial charge in [0, 0.05) is 18.2 Å². The number of benzene rings is 2. The molecule has 2 aromatic rings. The van der Waals surface area contributed by atoms with E-state index in [1.54, 1.807) is 0 Å². The van der Waals surface area contributed by atoms with Crippen LogP contribution in [0.25, 0.3) is 0 Å². The fourth-order valence-electron chi connectivity index (χ4n) is 1.84. The van der Waals surface area contributed by atoms with Crippen LogP contribution in [0, 0.1) is 10.1 Å². The van der Waals surface area contributed by atoms with Gasteiger partial charge in [-0.1, -0.05) is 53.5 Å². The van der Waals surface area contributed by atoms with Gasteiger partial charge in [0.1, 0.15) is 0 Å². The van der Waals surface area contributed by atoms with Gasteiger partial charge in [-0.05, 0) is 12.5 Å². The third-order valence-corrected chi connectivity index (χ3v) is 3.49. The summed E-state index contributed by atoms with van der Waals surface area (Å²) in [7, 11) is 0. The van der Waals surface area contributed by atoms with Crippen LogP contribution in [-0.2, 0) is 0 Å². The molecule has 2 aromatic carbocycles. The maximum atomic E-state index is 10.7. The molecule has 0 bridgehead atoms. The van der Waals surface area contributed by atoms with Crippen LogP contribution in [0.5, 0.6) is 0 Å². The molecule has 20 heavy (non-hydrogen) atoms. The number of nitro groups is 1. The van der Waals surface area contributed by atoms with E-state index >= 15 is 0 Å². The first-order chi connectivity index (χ1) is 9.49. The first-order valence-corrected chi connectivity index (χ1v) is 6.69. The second-order valence-electron chi connectivity index (χ2n) is 4.32. The molecule has 1 N–H and O–H groups in total. The van der Waals surface area contributed by atoms with Crippen molar-refractivity contribution in [3.63, 3.8) is 0 Å². The predicted molar refractivity (Wildman–Crippen MR) is 81.6 cm³/mol. The molecule has 0 radical (unpaired) electrons. The first-order valence-electron chi connectivity index (χ1n) is 5.94. The fraction of sp³-hybridized carbons (Fsp3) is 0.143. The van der Waals surface area contributed by atoms with Gasteiger partial charge in [0.25, 0.3) is 5.69 Å². The minimum atomic E-state index is -0.526. The molecule has 1 atom stereocenters. The van der Waals surface area contributed by atoms with Gasteiger partial charge in [-0.2, -0.15) is 0 Å². The number of hydrogen-bond donors (Lipinski definition) is 1. The van der Waals surface area contributed by atoms with E-state index in [4.69, 9.17) is 23.2 Å². The third-order valence-electron chi connectivity index (χ3n) is 2.90. The Hall–Kier alpha value is -1.78. The molecule has 0 heterocycles. The maximum absolute atomic E-state index is 10.7. The monoisotopic (exact) mass is 310 g/mol. The second kappa shape index (κ2) is 6.11. The van der Waals surface area contributed by atoms with Crippen LogP contribution >= 0.6 is 23.2 Å². The smallest absolute Gasteiger partial charge is 0.272 e. The number of rotatable bonds is 4. The normalized spacial score (nSPS) is 11.9. The Morgan fingerprint density at radius 1 is 1.15 bits per heavy atom. The van der Waals surface area contributed by atoms with Crippen LogP contribution < -0.4 is 5.32 Å². The number of non-ortho nitro benzene ring substituents is 1. The van der Waals surface area contributed by atoms with Crippen molar-refractivity contribution in [2.75, 3.05) is 5.32 Å². The Kier molecular flexibility index (Phi) is 4.47. The molecule has 0 aliphatic rings. The molecule has 0 aromatic heterocycles. The van der Waals surface area contributed by atoms with Gasteiger partial charge in [-0.3, -0.25) is 10.1 Å². The van der Waals surface area contributed by atoms with Crippen molar-refractivity contribution in [1.29, 1.82) is 0 Å². The molecule has 1 unspecified atom stereocenters. The molecule has 0 aliphatic heterocycles. The molecule has 0 spiro atoms. The highest BCUT2D eigenvalue weighted by Crippen LogP contribution is 2.36. The summed E-state index contributed by atoms with van der Waals surface area (Å²) in [4.78, 5) is 10.2. The lowest BCUT2D eigenvalue weighted by atomic mass is 10.1. The number of halogens is 2. The largest absolute Gasteiger partial charge is 0.376 e. The van der Waals surface area contributed by atoms with Gasteiger partial charge in [-0.15, -0.1) is 0 Å². The summed E-state index contributed by atoms with van der Waals surface area (Å²) in [5.74, 6) is 0. The summed E-state index contributed by atoms with van der Waals surface area (Å²) in [5, 5.41) is 14.4. The van der Waals surface area contributed by atoms with Crippen LogP contribution in [0.15, 0.2) is 42.5 Å². The van der Waals surface area contributed by atoms with Crippen molar-refractivity contribution in [3.8, 4) is 0 Å². The molecular weight excluding hydrogens is 299 g/mol. The van der Waals surface area contributed by atoms with Gasteiger partial charge in [0.05, 0.1) is 20.7 Å². The summed E-state index contributed by atoms with van der Waals surface area (Å²) in [6.45, 7) is 1.96. The summed E-state index contributed by atoms with van der Waals surface area (Å²) in [6.07, 6.45) is 0. The highest BCUT2D eigenvalue weighted by atomic mass is 35.5. The molecule has 6 heteroatoms. The van der Waals surface area contributed by atoms with E-state index in [2.05, 4.69) is 5.32 Å². The van der Waals surface area contributed by atoms with E-state index in [1.165, 1.54) is 12.1 Å². The highest BCUT2D eigenvalue weighted by molar-refractivity contribution is 6.39. The van der Waals surface area contributed by atoms with E-state index in [-0.39, 0.29) is 21.8 Å². The predicted octanol–water partition coefficient (Wildman–Crippen LogP) is 5.07. The van der Waals surface area contributed by atoms with Crippen molar-refractivity contribution >= 4 is 34.6 Å². The molecular formula is C14H12Cl2N2O2. The number of nitrogens with one attached hydrogen (secondary N) is 1. The second-order valence-corrected chi connectivity index (χ2v) is 5.13. The Balaban J connectivity index is 2.28. The summed E-state index contributed by atoms with van der Waals surface area (Å²) < 4.78 is 0. The topological polar surface area (TPSA) is 55.2 Å².